The number of hydrogen-bond donors (Lipinski definition) is 0. The third-order valence-electron chi connectivity index (χ3n) is 4.31. The number of nitrogens with zero attached hydrogens (tertiary/aromatic N) is 2. The second kappa shape index (κ2) is 7.28. The van der Waals surface area contributed by atoms with Crippen molar-refractivity contribution >= 4 is 38.3 Å². The van der Waals surface area contributed by atoms with Crippen LogP contribution in [0.2, 0.25) is 5.15 Å². The first-order valence-corrected chi connectivity index (χ1v) is 9.28. The Kier molecular flexibility index (Phi) is 4.88. The quantitative estimate of drug-likeness (QED) is 0.535. The summed E-state index contributed by atoms with van der Waals surface area (Å²) >= 11 is 9.47. The first-order chi connectivity index (χ1) is 12.2. The monoisotopic (exact) mass is 418 g/mol. The molecular weight excluding hydrogens is 404 g/mol. The molecule has 0 atom stereocenters. The molecule has 1 aromatic carbocycles. The van der Waals surface area contributed by atoms with Gasteiger partial charge in [-0.25, -0.2) is 9.97 Å². The van der Waals surface area contributed by atoms with Crippen molar-refractivity contribution in [1.82, 2.24) is 9.97 Å². The highest BCUT2D eigenvalue weighted by Gasteiger charge is 2.32. The van der Waals surface area contributed by atoms with Crippen LogP contribution in [0.5, 0.6) is 5.88 Å². The van der Waals surface area contributed by atoms with Gasteiger partial charge in [0.15, 0.2) is 0 Å². The van der Waals surface area contributed by atoms with E-state index < -0.39 is 0 Å². The van der Waals surface area contributed by atoms with Gasteiger partial charge in [0.25, 0.3) is 0 Å². The molecule has 0 amide bonds. The first-order valence-electron chi connectivity index (χ1n) is 8.11. The number of rotatable bonds is 5. The van der Waals surface area contributed by atoms with Gasteiger partial charge >= 0.3 is 0 Å². The second-order valence-electron chi connectivity index (χ2n) is 6.09. The molecule has 2 heterocycles. The van der Waals surface area contributed by atoms with Gasteiger partial charge in [0.2, 0.25) is 5.88 Å². The zero-order valence-electron chi connectivity index (χ0n) is 13.4. The highest BCUT2D eigenvalue weighted by Crippen LogP contribution is 2.34. The van der Waals surface area contributed by atoms with Crippen molar-refractivity contribution in [2.45, 2.75) is 31.7 Å². The molecule has 0 radical (unpaired) electrons. The van der Waals surface area contributed by atoms with Gasteiger partial charge in [0.1, 0.15) is 11.3 Å². The Bertz CT molecular complexity index is 885. The fraction of sp³-hybridized carbons (Fsp3) is 0.263. The molecule has 0 unspecified atom stereocenters. The summed E-state index contributed by atoms with van der Waals surface area (Å²) in [5.41, 5.74) is 1.19. The molecule has 128 valence electrons. The second-order valence-corrected chi connectivity index (χ2v) is 7.34. The van der Waals surface area contributed by atoms with E-state index in [4.69, 9.17) is 21.1 Å². The number of hydrogen-bond acceptors (Lipinski definition) is 4. The fourth-order valence-electron chi connectivity index (χ4n) is 2.84. The van der Waals surface area contributed by atoms with Crippen LogP contribution in [0.3, 0.4) is 0 Å². The van der Waals surface area contributed by atoms with Gasteiger partial charge in [-0.15, -0.1) is 0 Å². The summed E-state index contributed by atoms with van der Waals surface area (Å²) in [5.74, 6) is 0.592. The molecule has 4 rings (SSSR count). The van der Waals surface area contributed by atoms with Gasteiger partial charge < -0.3 is 9.47 Å². The van der Waals surface area contributed by atoms with E-state index in [-0.39, 0.29) is 12.2 Å². The van der Waals surface area contributed by atoms with Gasteiger partial charge in [-0.1, -0.05) is 41.9 Å². The molecule has 0 N–H and O–H groups in total. The van der Waals surface area contributed by atoms with E-state index in [9.17, 15) is 0 Å². The molecule has 6 heteroatoms. The summed E-state index contributed by atoms with van der Waals surface area (Å²) in [5, 5.41) is 2.25. The predicted octanol–water partition coefficient (Wildman–Crippen LogP) is 5.17. The van der Waals surface area contributed by atoms with E-state index in [1.54, 1.807) is 12.4 Å². The minimum absolute atomic E-state index is 0.119. The van der Waals surface area contributed by atoms with E-state index in [0.29, 0.717) is 17.6 Å². The summed E-state index contributed by atoms with van der Waals surface area (Å²) in [6, 6.07) is 12.0. The minimum atomic E-state index is 0.119. The van der Waals surface area contributed by atoms with Crippen molar-refractivity contribution in [1.29, 1.82) is 0 Å². The van der Waals surface area contributed by atoms with Crippen LogP contribution in [0.1, 0.15) is 18.4 Å². The first kappa shape index (κ1) is 16.8. The van der Waals surface area contributed by atoms with E-state index in [1.165, 1.54) is 5.56 Å². The van der Waals surface area contributed by atoms with Crippen molar-refractivity contribution in [3.63, 3.8) is 0 Å². The maximum absolute atomic E-state index is 6.05. The van der Waals surface area contributed by atoms with Gasteiger partial charge in [0, 0.05) is 35.1 Å². The number of pyridine rings is 2. The number of ether oxygens (including phenoxy) is 2. The topological polar surface area (TPSA) is 44.2 Å². The molecule has 3 aromatic rings. The van der Waals surface area contributed by atoms with E-state index in [0.717, 1.165) is 28.1 Å². The largest absolute Gasteiger partial charge is 0.474 e. The lowest BCUT2D eigenvalue weighted by molar-refractivity contribution is -0.0690. The van der Waals surface area contributed by atoms with E-state index in [1.807, 2.05) is 24.3 Å². The van der Waals surface area contributed by atoms with Crippen LogP contribution >= 0.6 is 27.5 Å². The Morgan fingerprint density at radius 3 is 2.64 bits per heavy atom. The Morgan fingerprint density at radius 1 is 1.04 bits per heavy atom. The van der Waals surface area contributed by atoms with Crippen LogP contribution in [0.4, 0.5) is 0 Å². The third kappa shape index (κ3) is 3.78. The molecule has 1 fully saturated rings. The van der Waals surface area contributed by atoms with Crippen molar-refractivity contribution in [2.24, 2.45) is 0 Å². The van der Waals surface area contributed by atoms with Crippen molar-refractivity contribution in [3.8, 4) is 5.88 Å². The maximum atomic E-state index is 6.05. The van der Waals surface area contributed by atoms with Gasteiger partial charge in [-0.3, -0.25) is 0 Å². The Balaban J connectivity index is 1.37. The highest BCUT2D eigenvalue weighted by atomic mass is 79.9. The molecule has 1 aliphatic rings. The van der Waals surface area contributed by atoms with Gasteiger partial charge in [-0.05, 0) is 27.6 Å². The number of fused-ring (bicyclic) bond motifs is 1. The lowest BCUT2D eigenvalue weighted by Crippen LogP contribution is -2.39. The summed E-state index contributed by atoms with van der Waals surface area (Å²) in [6.45, 7) is 0.639. The molecule has 25 heavy (non-hydrogen) atoms. The smallest absolute Gasteiger partial charge is 0.223 e. The molecule has 0 saturated heterocycles. The van der Waals surface area contributed by atoms with E-state index >= 15 is 0 Å². The Labute approximate surface area is 159 Å². The van der Waals surface area contributed by atoms with Crippen LogP contribution in [-0.4, -0.2) is 22.2 Å². The lowest BCUT2D eigenvalue weighted by Gasteiger charge is -2.35. The zero-order chi connectivity index (χ0) is 17.2. The molecule has 0 bridgehead atoms. The zero-order valence-corrected chi connectivity index (χ0v) is 15.7. The van der Waals surface area contributed by atoms with Crippen molar-refractivity contribution in [3.05, 3.63) is 64.0 Å². The van der Waals surface area contributed by atoms with Crippen LogP contribution < -0.4 is 4.74 Å². The SMILES string of the molecule is Clc1cc2c(Br)cnc(O[C@H]3C[C@H](OCc4ccccc4)C3)c2cn1. The average Bonchev–Trinajstić information content (AvgIpc) is 2.60. The number of benzene rings is 1. The molecule has 1 saturated carbocycles. The van der Waals surface area contributed by atoms with E-state index in [2.05, 4.69) is 38.0 Å². The Morgan fingerprint density at radius 2 is 1.84 bits per heavy atom. The van der Waals surface area contributed by atoms with Crippen LogP contribution in [-0.2, 0) is 11.3 Å². The van der Waals surface area contributed by atoms with Crippen LogP contribution in [0.15, 0.2) is 53.3 Å². The van der Waals surface area contributed by atoms with Crippen LogP contribution in [0.25, 0.3) is 10.8 Å². The normalized spacial score (nSPS) is 19.6. The lowest BCUT2D eigenvalue weighted by atomic mass is 9.92. The van der Waals surface area contributed by atoms with Crippen LogP contribution in [0, 0.1) is 0 Å². The molecule has 1 aliphatic carbocycles. The molecule has 0 spiro atoms. The standard InChI is InChI=1S/C19H16BrClN2O2/c20-17-10-23-19(16-9-22-18(21)8-15(16)17)25-14-6-13(7-14)24-11-12-4-2-1-3-5-12/h1-5,8-10,13-14H,6-7,11H2/t13-,14-. The average molecular weight is 420 g/mol. The molecule has 4 nitrogen and oxygen atoms in total. The number of aromatic nitrogens is 2. The molecule has 0 aliphatic heterocycles. The fourth-order valence-corrected chi connectivity index (χ4v) is 3.43. The maximum Gasteiger partial charge on any atom is 0.223 e. The van der Waals surface area contributed by atoms with Gasteiger partial charge in [0.05, 0.1) is 18.1 Å². The van der Waals surface area contributed by atoms with Crippen molar-refractivity contribution < 1.29 is 9.47 Å². The summed E-state index contributed by atoms with van der Waals surface area (Å²) in [4.78, 5) is 8.52. The summed E-state index contributed by atoms with van der Waals surface area (Å²) < 4.78 is 12.8. The summed E-state index contributed by atoms with van der Waals surface area (Å²) in [7, 11) is 0. The Hall–Kier alpha value is -1.69. The predicted molar refractivity (Wildman–Crippen MR) is 101 cm³/mol. The highest BCUT2D eigenvalue weighted by molar-refractivity contribution is 9.10. The minimum Gasteiger partial charge on any atom is -0.474 e. The van der Waals surface area contributed by atoms with Gasteiger partial charge in [-0.2, -0.15) is 0 Å². The molecular formula is C19H16BrClN2O2. The summed E-state index contributed by atoms with van der Waals surface area (Å²) in [6.07, 6.45) is 5.52. The number of halogens is 2. The molecule has 2 aromatic heterocycles. The van der Waals surface area contributed by atoms with Crippen molar-refractivity contribution in [2.75, 3.05) is 0 Å². The third-order valence-corrected chi connectivity index (χ3v) is 5.15.